The van der Waals surface area contributed by atoms with Crippen molar-refractivity contribution in [3.8, 4) is 0 Å². The van der Waals surface area contributed by atoms with Gasteiger partial charge in [-0.25, -0.2) is 0 Å². The van der Waals surface area contributed by atoms with Crippen molar-refractivity contribution < 1.29 is 4.42 Å². The topological polar surface area (TPSA) is 49.6 Å². The van der Waals surface area contributed by atoms with E-state index in [1.807, 2.05) is 13.8 Å². The van der Waals surface area contributed by atoms with E-state index >= 15 is 0 Å². The lowest BCUT2D eigenvalue weighted by atomic mass is 10.1. The van der Waals surface area contributed by atoms with Crippen LogP contribution in [-0.4, -0.2) is 13.0 Å². The van der Waals surface area contributed by atoms with Gasteiger partial charge in [0.1, 0.15) is 11.5 Å². The van der Waals surface area contributed by atoms with Gasteiger partial charge in [0, 0.05) is 25.7 Å². The molecule has 1 aromatic carbocycles. The first kappa shape index (κ1) is 16.1. The van der Waals surface area contributed by atoms with Crippen molar-refractivity contribution >= 4 is 5.96 Å². The zero-order valence-electron chi connectivity index (χ0n) is 13.9. The van der Waals surface area contributed by atoms with Crippen LogP contribution in [0.4, 0.5) is 0 Å². The first-order chi connectivity index (χ1) is 10.6. The average Bonchev–Trinajstić information content (AvgIpc) is 2.85. The number of guanidine groups is 1. The smallest absolute Gasteiger partial charge is 0.191 e. The Balaban J connectivity index is 1.91. The van der Waals surface area contributed by atoms with Crippen LogP contribution in [-0.2, 0) is 19.5 Å². The summed E-state index contributed by atoms with van der Waals surface area (Å²) in [6.45, 7) is 7.60. The summed E-state index contributed by atoms with van der Waals surface area (Å²) in [6, 6.07) is 10.5. The molecular weight excluding hydrogens is 274 g/mol. The molecule has 2 rings (SSSR count). The quantitative estimate of drug-likeness (QED) is 0.658. The third-order valence-electron chi connectivity index (χ3n) is 3.76. The minimum atomic E-state index is 0.707. The van der Waals surface area contributed by atoms with Gasteiger partial charge in [0.2, 0.25) is 0 Å². The first-order valence-electron chi connectivity index (χ1n) is 7.71. The Labute approximate surface area is 132 Å². The Bertz CT molecular complexity index is 644. The molecule has 0 fully saturated rings. The molecule has 0 unspecified atom stereocenters. The highest BCUT2D eigenvalue weighted by Crippen LogP contribution is 2.13. The van der Waals surface area contributed by atoms with Crippen LogP contribution >= 0.6 is 0 Å². The van der Waals surface area contributed by atoms with Gasteiger partial charge in [0.05, 0.1) is 0 Å². The van der Waals surface area contributed by atoms with Gasteiger partial charge < -0.3 is 15.1 Å². The maximum atomic E-state index is 5.54. The minimum absolute atomic E-state index is 0.707. The molecule has 0 bridgehead atoms. The minimum Gasteiger partial charge on any atom is -0.466 e. The van der Waals surface area contributed by atoms with E-state index in [0.29, 0.717) is 6.54 Å². The molecule has 0 amide bonds. The summed E-state index contributed by atoms with van der Waals surface area (Å²) in [5, 5.41) is 6.69. The number of hydrogen-bond acceptors (Lipinski definition) is 2. The van der Waals surface area contributed by atoms with Gasteiger partial charge in [-0.2, -0.15) is 0 Å². The molecular formula is C18H25N3O. The van der Waals surface area contributed by atoms with Crippen molar-refractivity contribution in [1.29, 1.82) is 0 Å². The molecule has 0 spiro atoms. The highest BCUT2D eigenvalue weighted by molar-refractivity contribution is 5.79. The van der Waals surface area contributed by atoms with E-state index in [4.69, 9.17) is 4.42 Å². The number of furan rings is 1. The Morgan fingerprint density at radius 1 is 1.05 bits per heavy atom. The number of aryl methyl sites for hydroxylation is 3. The molecule has 0 saturated carbocycles. The Kier molecular flexibility index (Phi) is 5.64. The predicted molar refractivity (Wildman–Crippen MR) is 91.0 cm³/mol. The zero-order chi connectivity index (χ0) is 15.9. The van der Waals surface area contributed by atoms with E-state index in [0.717, 1.165) is 36.0 Å². The number of nitrogens with zero attached hydrogens (tertiary/aromatic N) is 1. The van der Waals surface area contributed by atoms with Crippen molar-refractivity contribution in [2.45, 2.75) is 40.3 Å². The van der Waals surface area contributed by atoms with Gasteiger partial charge in [0.15, 0.2) is 5.96 Å². The fourth-order valence-corrected chi connectivity index (χ4v) is 2.51. The molecule has 22 heavy (non-hydrogen) atoms. The molecule has 0 aliphatic carbocycles. The van der Waals surface area contributed by atoms with E-state index in [2.05, 4.69) is 52.9 Å². The molecule has 1 heterocycles. The van der Waals surface area contributed by atoms with Gasteiger partial charge in [-0.05, 0) is 37.5 Å². The van der Waals surface area contributed by atoms with Gasteiger partial charge in [-0.1, -0.05) is 31.2 Å². The van der Waals surface area contributed by atoms with E-state index in [9.17, 15) is 0 Å². The second-order valence-corrected chi connectivity index (χ2v) is 5.34. The molecule has 0 aliphatic rings. The number of rotatable bonds is 5. The normalized spacial score (nSPS) is 11.5. The van der Waals surface area contributed by atoms with Crippen molar-refractivity contribution in [2.24, 2.45) is 4.99 Å². The highest BCUT2D eigenvalue weighted by Gasteiger charge is 2.06. The van der Waals surface area contributed by atoms with Gasteiger partial charge in [0.25, 0.3) is 0 Å². The molecule has 2 aromatic rings. The molecule has 118 valence electrons. The second kappa shape index (κ2) is 7.69. The van der Waals surface area contributed by atoms with Crippen LogP contribution in [0.25, 0.3) is 0 Å². The van der Waals surface area contributed by atoms with Crippen molar-refractivity contribution in [2.75, 3.05) is 7.05 Å². The van der Waals surface area contributed by atoms with Crippen molar-refractivity contribution in [3.05, 3.63) is 58.5 Å². The number of aliphatic imine (C=N–C) groups is 1. The van der Waals surface area contributed by atoms with Crippen LogP contribution in [0.5, 0.6) is 0 Å². The molecule has 0 radical (unpaired) electrons. The molecule has 1 aromatic heterocycles. The lowest BCUT2D eigenvalue weighted by molar-refractivity contribution is 0.500. The third-order valence-corrected chi connectivity index (χ3v) is 3.76. The summed E-state index contributed by atoms with van der Waals surface area (Å²) in [5.74, 6) is 2.69. The second-order valence-electron chi connectivity index (χ2n) is 5.34. The Morgan fingerprint density at radius 2 is 1.68 bits per heavy atom. The maximum Gasteiger partial charge on any atom is 0.191 e. The fraction of sp³-hybridized carbons (Fsp3) is 0.389. The van der Waals surface area contributed by atoms with E-state index in [-0.39, 0.29) is 0 Å². The van der Waals surface area contributed by atoms with Crippen LogP contribution in [0.1, 0.15) is 35.1 Å². The zero-order valence-corrected chi connectivity index (χ0v) is 13.9. The fourth-order valence-electron chi connectivity index (χ4n) is 2.51. The predicted octanol–water partition coefficient (Wildman–Crippen LogP) is 3.32. The van der Waals surface area contributed by atoms with Crippen LogP contribution in [0.3, 0.4) is 0 Å². The summed E-state index contributed by atoms with van der Waals surface area (Å²) in [4.78, 5) is 4.27. The molecule has 0 atom stereocenters. The van der Waals surface area contributed by atoms with E-state index in [1.54, 1.807) is 7.05 Å². The molecule has 2 N–H and O–H groups in total. The SMILES string of the molecule is CCc1ccccc1CNC(=NC)NCc1cc(C)oc1C. The summed E-state index contributed by atoms with van der Waals surface area (Å²) >= 11 is 0. The van der Waals surface area contributed by atoms with E-state index < -0.39 is 0 Å². The third kappa shape index (κ3) is 4.13. The van der Waals surface area contributed by atoms with Gasteiger partial charge in [-0.3, -0.25) is 4.99 Å². The number of nitrogens with one attached hydrogen (secondary N) is 2. The average molecular weight is 299 g/mol. The standard InChI is InChI=1S/C18H25N3O/c1-5-15-8-6-7-9-16(15)11-20-18(19-4)21-12-17-10-13(2)22-14(17)3/h6-10H,5,11-12H2,1-4H3,(H2,19,20,21). The Hall–Kier alpha value is -2.23. The van der Waals surface area contributed by atoms with E-state index in [1.165, 1.54) is 11.1 Å². The Morgan fingerprint density at radius 3 is 2.23 bits per heavy atom. The van der Waals surface area contributed by atoms with Gasteiger partial charge >= 0.3 is 0 Å². The number of benzene rings is 1. The highest BCUT2D eigenvalue weighted by atomic mass is 16.3. The van der Waals surface area contributed by atoms with Gasteiger partial charge in [-0.15, -0.1) is 0 Å². The lowest BCUT2D eigenvalue weighted by Gasteiger charge is -2.13. The molecule has 4 heteroatoms. The summed E-state index contributed by atoms with van der Waals surface area (Å²) in [5.41, 5.74) is 3.84. The maximum absolute atomic E-state index is 5.54. The summed E-state index contributed by atoms with van der Waals surface area (Å²) in [7, 11) is 1.79. The van der Waals surface area contributed by atoms with Crippen LogP contribution < -0.4 is 10.6 Å². The molecule has 4 nitrogen and oxygen atoms in total. The summed E-state index contributed by atoms with van der Waals surface area (Å²) in [6.07, 6.45) is 1.04. The van der Waals surface area contributed by atoms with Crippen LogP contribution in [0.2, 0.25) is 0 Å². The lowest BCUT2D eigenvalue weighted by Crippen LogP contribution is -2.36. The molecule has 0 saturated heterocycles. The first-order valence-corrected chi connectivity index (χ1v) is 7.71. The summed E-state index contributed by atoms with van der Waals surface area (Å²) < 4.78 is 5.54. The number of hydrogen-bond donors (Lipinski definition) is 2. The van der Waals surface area contributed by atoms with Crippen LogP contribution in [0.15, 0.2) is 39.7 Å². The van der Waals surface area contributed by atoms with Crippen molar-refractivity contribution in [3.63, 3.8) is 0 Å². The monoisotopic (exact) mass is 299 g/mol. The van der Waals surface area contributed by atoms with Crippen molar-refractivity contribution in [1.82, 2.24) is 10.6 Å². The van der Waals surface area contributed by atoms with Crippen LogP contribution in [0, 0.1) is 13.8 Å². The molecule has 0 aliphatic heterocycles. The largest absolute Gasteiger partial charge is 0.466 e.